The number of rotatable bonds is 1. The quantitative estimate of drug-likeness (QED) is 0.744. The van der Waals surface area contributed by atoms with Gasteiger partial charge in [0.1, 0.15) is 0 Å². The van der Waals surface area contributed by atoms with Gasteiger partial charge in [0.2, 0.25) is 0 Å². The van der Waals surface area contributed by atoms with Crippen LogP contribution in [0, 0.1) is 25.5 Å². The van der Waals surface area contributed by atoms with Gasteiger partial charge in [0, 0.05) is 10.9 Å². The Hall–Kier alpha value is -2.56. The molecule has 1 N–H and O–H groups in total. The molecule has 1 heterocycles. The Labute approximate surface area is 119 Å². The average Bonchev–Trinajstić information content (AvgIpc) is 2.45. The predicted octanol–water partition coefficient (Wildman–Crippen LogP) is 3.49. The minimum atomic E-state index is -1.05. The standard InChI is InChI=1S/C16H12F2N2O/c1-8-3-4-10(5-9(8)2)15-11-6-13(17)14(18)7-12(11)16(21)20-19-15/h3-7H,1-2H3,(H,20,21). The van der Waals surface area contributed by atoms with Crippen molar-refractivity contribution in [3.8, 4) is 11.3 Å². The highest BCUT2D eigenvalue weighted by atomic mass is 19.2. The van der Waals surface area contributed by atoms with Gasteiger partial charge in [-0.3, -0.25) is 4.79 Å². The van der Waals surface area contributed by atoms with Crippen LogP contribution in [0.1, 0.15) is 11.1 Å². The van der Waals surface area contributed by atoms with E-state index in [1.807, 2.05) is 32.0 Å². The topological polar surface area (TPSA) is 45.8 Å². The second kappa shape index (κ2) is 4.77. The number of aromatic amines is 1. The summed E-state index contributed by atoms with van der Waals surface area (Å²) >= 11 is 0. The van der Waals surface area contributed by atoms with E-state index in [1.165, 1.54) is 0 Å². The Morgan fingerprint density at radius 2 is 1.62 bits per heavy atom. The van der Waals surface area contributed by atoms with Crippen molar-refractivity contribution in [2.24, 2.45) is 0 Å². The van der Waals surface area contributed by atoms with E-state index in [9.17, 15) is 13.6 Å². The Kier molecular flexibility index (Phi) is 3.05. The third-order valence-electron chi connectivity index (χ3n) is 3.61. The van der Waals surface area contributed by atoms with Crippen LogP contribution in [0.2, 0.25) is 0 Å². The fraction of sp³-hybridized carbons (Fsp3) is 0.125. The highest BCUT2D eigenvalue weighted by molar-refractivity contribution is 5.93. The number of nitrogens with one attached hydrogen (secondary N) is 1. The number of benzene rings is 2. The van der Waals surface area contributed by atoms with Crippen LogP contribution in [-0.4, -0.2) is 10.2 Å². The summed E-state index contributed by atoms with van der Waals surface area (Å²) in [5.74, 6) is -2.05. The van der Waals surface area contributed by atoms with E-state index in [4.69, 9.17) is 0 Å². The maximum absolute atomic E-state index is 13.5. The second-order valence-corrected chi connectivity index (χ2v) is 5.01. The van der Waals surface area contributed by atoms with Crippen LogP contribution >= 0.6 is 0 Å². The maximum Gasteiger partial charge on any atom is 0.272 e. The van der Waals surface area contributed by atoms with E-state index >= 15 is 0 Å². The summed E-state index contributed by atoms with van der Waals surface area (Å²) < 4.78 is 26.8. The molecule has 0 bridgehead atoms. The molecule has 3 aromatic rings. The molecule has 106 valence electrons. The first-order chi connectivity index (χ1) is 9.97. The van der Waals surface area contributed by atoms with E-state index in [1.54, 1.807) is 0 Å². The fourth-order valence-corrected chi connectivity index (χ4v) is 2.27. The Morgan fingerprint density at radius 3 is 2.29 bits per heavy atom. The zero-order chi connectivity index (χ0) is 15.1. The van der Waals surface area contributed by atoms with Crippen molar-refractivity contribution >= 4 is 10.8 Å². The third kappa shape index (κ3) is 2.20. The van der Waals surface area contributed by atoms with Gasteiger partial charge in [-0.05, 0) is 43.2 Å². The van der Waals surface area contributed by atoms with Crippen molar-refractivity contribution in [1.29, 1.82) is 0 Å². The number of nitrogens with zero attached hydrogens (tertiary/aromatic N) is 1. The molecule has 5 heteroatoms. The molecule has 0 aliphatic rings. The minimum Gasteiger partial charge on any atom is -0.267 e. The summed E-state index contributed by atoms with van der Waals surface area (Å²) in [5.41, 5.74) is 2.79. The van der Waals surface area contributed by atoms with Crippen molar-refractivity contribution in [2.45, 2.75) is 13.8 Å². The Balaban J connectivity index is 2.37. The SMILES string of the molecule is Cc1ccc(-c2n[nH]c(=O)c3cc(F)c(F)cc23)cc1C. The molecule has 21 heavy (non-hydrogen) atoms. The third-order valence-corrected chi connectivity index (χ3v) is 3.61. The molecule has 0 aliphatic heterocycles. The van der Waals surface area contributed by atoms with E-state index in [0.717, 1.165) is 28.8 Å². The van der Waals surface area contributed by atoms with Crippen LogP contribution in [0.5, 0.6) is 0 Å². The molecule has 3 nitrogen and oxygen atoms in total. The van der Waals surface area contributed by atoms with Crippen molar-refractivity contribution in [3.63, 3.8) is 0 Å². The van der Waals surface area contributed by atoms with Crippen molar-refractivity contribution in [2.75, 3.05) is 0 Å². The van der Waals surface area contributed by atoms with E-state index in [2.05, 4.69) is 10.2 Å². The van der Waals surface area contributed by atoms with Gasteiger partial charge in [0.15, 0.2) is 11.6 Å². The van der Waals surface area contributed by atoms with Crippen LogP contribution in [-0.2, 0) is 0 Å². The molecule has 0 unspecified atom stereocenters. The summed E-state index contributed by atoms with van der Waals surface area (Å²) in [4.78, 5) is 11.7. The molecule has 0 aliphatic carbocycles. The number of H-pyrrole nitrogens is 1. The van der Waals surface area contributed by atoms with Crippen molar-refractivity contribution in [1.82, 2.24) is 10.2 Å². The number of halogens is 2. The highest BCUT2D eigenvalue weighted by Gasteiger charge is 2.13. The van der Waals surface area contributed by atoms with E-state index in [0.29, 0.717) is 11.1 Å². The fourth-order valence-electron chi connectivity index (χ4n) is 2.27. The summed E-state index contributed by atoms with van der Waals surface area (Å²) in [7, 11) is 0. The lowest BCUT2D eigenvalue weighted by molar-refractivity contribution is 0.511. The van der Waals surface area contributed by atoms with Gasteiger partial charge >= 0.3 is 0 Å². The van der Waals surface area contributed by atoms with Crippen molar-refractivity contribution < 1.29 is 8.78 Å². The van der Waals surface area contributed by atoms with Gasteiger partial charge < -0.3 is 0 Å². The normalized spacial score (nSPS) is 11.0. The second-order valence-electron chi connectivity index (χ2n) is 5.01. The highest BCUT2D eigenvalue weighted by Crippen LogP contribution is 2.27. The molecule has 0 atom stereocenters. The zero-order valence-electron chi connectivity index (χ0n) is 11.5. The van der Waals surface area contributed by atoms with Crippen LogP contribution < -0.4 is 5.56 Å². The first-order valence-electron chi connectivity index (χ1n) is 6.42. The summed E-state index contributed by atoms with van der Waals surface area (Å²) in [6.07, 6.45) is 0. The Bertz CT molecular complexity index is 916. The predicted molar refractivity (Wildman–Crippen MR) is 77.2 cm³/mol. The molecule has 0 radical (unpaired) electrons. The lowest BCUT2D eigenvalue weighted by atomic mass is 10.0. The van der Waals surface area contributed by atoms with Gasteiger partial charge in [-0.25, -0.2) is 13.9 Å². The molecule has 0 saturated carbocycles. The average molecular weight is 286 g/mol. The van der Waals surface area contributed by atoms with E-state index in [-0.39, 0.29) is 5.39 Å². The molecular weight excluding hydrogens is 274 g/mol. The van der Waals surface area contributed by atoms with Gasteiger partial charge in [-0.2, -0.15) is 5.10 Å². The summed E-state index contributed by atoms with van der Waals surface area (Å²) in [6.45, 7) is 3.93. The molecule has 0 amide bonds. The number of aryl methyl sites for hydroxylation is 2. The smallest absolute Gasteiger partial charge is 0.267 e. The molecule has 0 saturated heterocycles. The van der Waals surface area contributed by atoms with Crippen LogP contribution in [0.15, 0.2) is 35.1 Å². The largest absolute Gasteiger partial charge is 0.272 e. The van der Waals surface area contributed by atoms with Crippen molar-refractivity contribution in [3.05, 3.63) is 63.4 Å². The van der Waals surface area contributed by atoms with Crippen LogP contribution in [0.3, 0.4) is 0 Å². The molecule has 3 rings (SSSR count). The maximum atomic E-state index is 13.5. The zero-order valence-corrected chi connectivity index (χ0v) is 11.5. The number of aromatic nitrogens is 2. The van der Waals surface area contributed by atoms with E-state index < -0.39 is 17.2 Å². The lowest BCUT2D eigenvalue weighted by Gasteiger charge is -2.08. The first-order valence-corrected chi connectivity index (χ1v) is 6.42. The van der Waals surface area contributed by atoms with Crippen LogP contribution in [0.4, 0.5) is 8.78 Å². The monoisotopic (exact) mass is 286 g/mol. The lowest BCUT2D eigenvalue weighted by Crippen LogP contribution is -2.10. The van der Waals surface area contributed by atoms with Gasteiger partial charge in [0.05, 0.1) is 11.1 Å². The minimum absolute atomic E-state index is 0.0807. The van der Waals surface area contributed by atoms with Crippen LogP contribution in [0.25, 0.3) is 22.0 Å². The van der Waals surface area contributed by atoms with Gasteiger partial charge in [0.25, 0.3) is 5.56 Å². The Morgan fingerprint density at radius 1 is 0.952 bits per heavy atom. The molecule has 2 aromatic carbocycles. The summed E-state index contributed by atoms with van der Waals surface area (Å²) in [6, 6.07) is 7.57. The number of hydrogen-bond acceptors (Lipinski definition) is 2. The van der Waals surface area contributed by atoms with Gasteiger partial charge in [-0.1, -0.05) is 12.1 Å². The molecule has 1 aromatic heterocycles. The molecule has 0 spiro atoms. The first kappa shape index (κ1) is 13.4. The number of fused-ring (bicyclic) bond motifs is 1. The molecule has 0 fully saturated rings. The van der Waals surface area contributed by atoms with Gasteiger partial charge in [-0.15, -0.1) is 0 Å². The molecular formula is C16H12F2N2O. The number of hydrogen-bond donors (Lipinski definition) is 1. The summed E-state index contributed by atoms with van der Waals surface area (Å²) in [5, 5.41) is 6.69.